The number of aromatic nitrogens is 1. The predicted octanol–water partition coefficient (Wildman–Crippen LogP) is 2.05. The largest absolute Gasteiger partial charge is 0.457 e. The predicted molar refractivity (Wildman–Crippen MR) is 96.6 cm³/mol. The van der Waals surface area contributed by atoms with Crippen LogP contribution in [-0.2, 0) is 16.6 Å². The lowest BCUT2D eigenvalue weighted by Crippen LogP contribution is -2.32. The van der Waals surface area contributed by atoms with Crippen molar-refractivity contribution in [2.45, 2.75) is 20.3 Å². The summed E-state index contributed by atoms with van der Waals surface area (Å²) in [6, 6.07) is 8.28. The highest BCUT2D eigenvalue weighted by Gasteiger charge is 2.35. The van der Waals surface area contributed by atoms with Crippen molar-refractivity contribution >= 4 is 23.6 Å². The number of hydrogen-bond acceptors (Lipinski definition) is 5. The monoisotopic (exact) mass is 368 g/mol. The van der Waals surface area contributed by atoms with E-state index in [2.05, 4.69) is 0 Å². The summed E-state index contributed by atoms with van der Waals surface area (Å²) in [5.74, 6) is -1.76. The molecule has 2 aromatic rings. The Morgan fingerprint density at radius 3 is 2.15 bits per heavy atom. The van der Waals surface area contributed by atoms with Crippen molar-refractivity contribution in [3.63, 3.8) is 0 Å². The number of benzene rings is 1. The van der Waals surface area contributed by atoms with Crippen molar-refractivity contribution < 1.29 is 23.9 Å². The molecular formula is C20H20N2O5. The van der Waals surface area contributed by atoms with Crippen LogP contribution in [0.4, 0.5) is 0 Å². The van der Waals surface area contributed by atoms with Crippen LogP contribution >= 0.6 is 0 Å². The fourth-order valence-corrected chi connectivity index (χ4v) is 3.08. The number of aryl methyl sites for hydroxylation is 1. The Bertz CT molecular complexity index is 922. The number of hydrogen-bond donors (Lipinski definition) is 0. The summed E-state index contributed by atoms with van der Waals surface area (Å²) in [5, 5.41) is 0. The van der Waals surface area contributed by atoms with Crippen LogP contribution in [0.2, 0.25) is 0 Å². The van der Waals surface area contributed by atoms with Gasteiger partial charge >= 0.3 is 5.97 Å². The fraction of sp³-hybridized carbons (Fsp3) is 0.300. The molecule has 1 aliphatic rings. The number of amides is 2. The topological polar surface area (TPSA) is 85.7 Å². The normalized spacial score (nSPS) is 13.1. The first kappa shape index (κ1) is 18.6. The molecule has 2 amide bonds. The van der Waals surface area contributed by atoms with Crippen LogP contribution in [0.25, 0.3) is 0 Å². The first-order valence-corrected chi connectivity index (χ1v) is 8.58. The molecule has 1 aliphatic heterocycles. The van der Waals surface area contributed by atoms with Crippen LogP contribution in [0.3, 0.4) is 0 Å². The van der Waals surface area contributed by atoms with Crippen molar-refractivity contribution in [1.82, 2.24) is 9.47 Å². The van der Waals surface area contributed by atoms with E-state index < -0.39 is 17.8 Å². The highest BCUT2D eigenvalue weighted by molar-refractivity contribution is 6.21. The third-order valence-corrected chi connectivity index (χ3v) is 4.86. The number of carbonyl (C=O) groups excluding carboxylic acids is 4. The molecule has 3 rings (SSSR count). The van der Waals surface area contributed by atoms with Gasteiger partial charge in [-0.15, -0.1) is 0 Å². The van der Waals surface area contributed by atoms with Gasteiger partial charge in [-0.2, -0.15) is 0 Å². The average molecular weight is 368 g/mol. The molecule has 0 saturated carbocycles. The first-order valence-electron chi connectivity index (χ1n) is 8.58. The number of esters is 1. The zero-order valence-corrected chi connectivity index (χ0v) is 15.4. The van der Waals surface area contributed by atoms with Gasteiger partial charge in [0.25, 0.3) is 11.8 Å². The Balaban J connectivity index is 1.53. The van der Waals surface area contributed by atoms with E-state index in [4.69, 9.17) is 4.74 Å². The molecule has 0 fully saturated rings. The summed E-state index contributed by atoms with van der Waals surface area (Å²) in [6.07, 6.45) is -0.161. The number of fused-ring (bicyclic) bond motifs is 1. The highest BCUT2D eigenvalue weighted by Crippen LogP contribution is 2.22. The molecule has 0 radical (unpaired) electrons. The van der Waals surface area contributed by atoms with Crippen molar-refractivity contribution in [3.05, 3.63) is 58.4 Å². The first-order chi connectivity index (χ1) is 12.8. The minimum Gasteiger partial charge on any atom is -0.457 e. The Hall–Kier alpha value is -3.22. The molecule has 0 unspecified atom stereocenters. The van der Waals surface area contributed by atoms with Gasteiger partial charge in [-0.05, 0) is 32.0 Å². The summed E-state index contributed by atoms with van der Waals surface area (Å²) < 4.78 is 6.91. The SMILES string of the molecule is Cc1cc(C(=O)COC(=O)CCN2C(=O)c3ccccc3C2=O)c(C)n1C. The average Bonchev–Trinajstić information content (AvgIpc) is 3.06. The minimum absolute atomic E-state index is 0.0805. The summed E-state index contributed by atoms with van der Waals surface area (Å²) in [7, 11) is 1.86. The molecular weight excluding hydrogens is 348 g/mol. The van der Waals surface area contributed by atoms with Gasteiger partial charge in [0.05, 0.1) is 17.5 Å². The van der Waals surface area contributed by atoms with E-state index in [-0.39, 0.29) is 25.4 Å². The standard InChI is InChI=1S/C20H20N2O5/c1-12-10-16(13(2)21(12)3)17(23)11-27-18(24)8-9-22-19(25)14-6-4-5-7-15(14)20(22)26/h4-7,10H,8-9,11H2,1-3H3. The zero-order valence-electron chi connectivity index (χ0n) is 15.4. The smallest absolute Gasteiger partial charge is 0.308 e. The van der Waals surface area contributed by atoms with Crippen LogP contribution in [0.15, 0.2) is 30.3 Å². The quantitative estimate of drug-likeness (QED) is 0.443. The summed E-state index contributed by atoms with van der Waals surface area (Å²) in [5.41, 5.74) is 2.93. The third kappa shape index (κ3) is 3.40. The Labute approximate surface area is 156 Å². The van der Waals surface area contributed by atoms with Crippen LogP contribution in [0.1, 0.15) is 48.9 Å². The molecule has 0 N–H and O–H groups in total. The number of rotatable bonds is 6. The van der Waals surface area contributed by atoms with Crippen molar-refractivity contribution in [2.75, 3.05) is 13.2 Å². The molecule has 27 heavy (non-hydrogen) atoms. The Kier molecular flexibility index (Phi) is 4.94. The van der Waals surface area contributed by atoms with Crippen molar-refractivity contribution in [2.24, 2.45) is 7.05 Å². The molecule has 0 saturated heterocycles. The maximum absolute atomic E-state index is 12.2. The molecule has 0 aliphatic carbocycles. The number of imide groups is 1. The Morgan fingerprint density at radius 1 is 1.04 bits per heavy atom. The van der Waals surface area contributed by atoms with E-state index in [0.29, 0.717) is 16.7 Å². The van der Waals surface area contributed by atoms with Gasteiger partial charge in [-0.1, -0.05) is 12.1 Å². The second kappa shape index (κ2) is 7.19. The molecule has 7 heteroatoms. The molecule has 140 valence electrons. The van der Waals surface area contributed by atoms with Crippen molar-refractivity contribution in [1.29, 1.82) is 0 Å². The van der Waals surface area contributed by atoms with Crippen LogP contribution in [0, 0.1) is 13.8 Å². The Morgan fingerprint density at radius 2 is 1.63 bits per heavy atom. The van der Waals surface area contributed by atoms with Gasteiger partial charge in [0, 0.05) is 30.5 Å². The fourth-order valence-electron chi connectivity index (χ4n) is 3.08. The number of ether oxygens (including phenoxy) is 1. The summed E-state index contributed by atoms with van der Waals surface area (Å²) >= 11 is 0. The van der Waals surface area contributed by atoms with E-state index in [1.54, 1.807) is 30.3 Å². The molecule has 0 spiro atoms. The van der Waals surface area contributed by atoms with Gasteiger partial charge < -0.3 is 9.30 Å². The van der Waals surface area contributed by atoms with E-state index in [0.717, 1.165) is 16.3 Å². The highest BCUT2D eigenvalue weighted by atomic mass is 16.5. The van der Waals surface area contributed by atoms with Crippen LogP contribution < -0.4 is 0 Å². The number of Topliss-reactive ketones (excluding diaryl/α,β-unsaturated/α-hetero) is 1. The van der Waals surface area contributed by atoms with Gasteiger partial charge in [0.1, 0.15) is 0 Å². The van der Waals surface area contributed by atoms with E-state index in [1.807, 2.05) is 25.5 Å². The van der Waals surface area contributed by atoms with Crippen LogP contribution in [-0.4, -0.2) is 46.2 Å². The summed E-state index contributed by atoms with van der Waals surface area (Å²) in [4.78, 5) is 49.7. The van der Waals surface area contributed by atoms with Gasteiger partial charge in [0.2, 0.25) is 5.78 Å². The van der Waals surface area contributed by atoms with Gasteiger partial charge in [-0.3, -0.25) is 24.1 Å². The number of ketones is 1. The second-order valence-corrected chi connectivity index (χ2v) is 6.49. The molecule has 2 heterocycles. The maximum atomic E-state index is 12.2. The minimum atomic E-state index is -0.634. The van der Waals surface area contributed by atoms with E-state index >= 15 is 0 Å². The summed E-state index contributed by atoms with van der Waals surface area (Å²) in [6.45, 7) is 3.26. The number of nitrogens with zero attached hydrogens (tertiary/aromatic N) is 2. The molecule has 7 nitrogen and oxygen atoms in total. The lowest BCUT2D eigenvalue weighted by atomic mass is 10.1. The molecule has 1 aromatic heterocycles. The van der Waals surface area contributed by atoms with Gasteiger partial charge in [0.15, 0.2) is 6.61 Å². The molecule has 0 atom stereocenters. The molecule has 0 bridgehead atoms. The second-order valence-electron chi connectivity index (χ2n) is 6.49. The van der Waals surface area contributed by atoms with Gasteiger partial charge in [-0.25, -0.2) is 0 Å². The maximum Gasteiger partial charge on any atom is 0.308 e. The van der Waals surface area contributed by atoms with Crippen molar-refractivity contribution in [3.8, 4) is 0 Å². The molecule has 1 aromatic carbocycles. The lowest BCUT2D eigenvalue weighted by molar-refractivity contribution is -0.142. The third-order valence-electron chi connectivity index (χ3n) is 4.86. The van der Waals surface area contributed by atoms with E-state index in [1.165, 1.54) is 0 Å². The lowest BCUT2D eigenvalue weighted by Gasteiger charge is -2.13. The zero-order chi connectivity index (χ0) is 19.7. The van der Waals surface area contributed by atoms with E-state index in [9.17, 15) is 19.2 Å². The number of carbonyl (C=O) groups is 4. The van der Waals surface area contributed by atoms with Crippen LogP contribution in [0.5, 0.6) is 0 Å².